The Bertz CT molecular complexity index is 608. The largest absolute Gasteiger partial charge is 0.397 e. The zero-order chi connectivity index (χ0) is 12.2. The van der Waals surface area contributed by atoms with Gasteiger partial charge in [-0.15, -0.1) is 0 Å². The number of nitrogens with two attached hydrogens (primary N) is 1. The molecule has 1 aromatic heterocycles. The van der Waals surface area contributed by atoms with Crippen LogP contribution in [0.3, 0.4) is 0 Å². The van der Waals surface area contributed by atoms with Gasteiger partial charge in [-0.3, -0.25) is 4.98 Å². The minimum Gasteiger partial charge on any atom is -0.397 e. The SMILES string of the molecule is Nc1ccc(N2CC3(CCC3)C2)c2cccnc12. The fourth-order valence-corrected chi connectivity index (χ4v) is 3.38. The van der Waals surface area contributed by atoms with Crippen LogP contribution in [0.5, 0.6) is 0 Å². The standard InChI is InChI=1S/C15H17N3/c16-12-4-5-13(11-3-1-8-17-14(11)12)18-9-15(10-18)6-2-7-15/h1,3-5,8H,2,6-7,9-10,16H2. The molecule has 1 saturated carbocycles. The summed E-state index contributed by atoms with van der Waals surface area (Å²) in [6, 6.07) is 8.24. The van der Waals surface area contributed by atoms with E-state index in [0.717, 1.165) is 11.2 Å². The van der Waals surface area contributed by atoms with Crippen molar-refractivity contribution in [3.8, 4) is 0 Å². The smallest absolute Gasteiger partial charge is 0.0951 e. The van der Waals surface area contributed by atoms with Crippen LogP contribution in [0.1, 0.15) is 19.3 Å². The number of aromatic nitrogens is 1. The second kappa shape index (κ2) is 3.37. The molecule has 2 aliphatic rings. The van der Waals surface area contributed by atoms with Crippen LogP contribution < -0.4 is 10.6 Å². The third-order valence-corrected chi connectivity index (χ3v) is 4.59. The van der Waals surface area contributed by atoms with Crippen molar-refractivity contribution in [2.75, 3.05) is 23.7 Å². The van der Waals surface area contributed by atoms with E-state index in [0.29, 0.717) is 5.41 Å². The van der Waals surface area contributed by atoms with Gasteiger partial charge in [0, 0.05) is 35.8 Å². The summed E-state index contributed by atoms with van der Waals surface area (Å²) in [5, 5.41) is 1.19. The highest BCUT2D eigenvalue weighted by Gasteiger charge is 2.47. The molecule has 2 fully saturated rings. The zero-order valence-corrected chi connectivity index (χ0v) is 10.4. The maximum absolute atomic E-state index is 5.99. The van der Waals surface area contributed by atoms with Crippen LogP contribution in [0.2, 0.25) is 0 Å². The molecule has 2 N–H and O–H groups in total. The summed E-state index contributed by atoms with van der Waals surface area (Å²) >= 11 is 0. The molecule has 1 aliphatic heterocycles. The normalized spacial score (nSPS) is 20.8. The summed E-state index contributed by atoms with van der Waals surface area (Å²) in [5.41, 5.74) is 9.65. The van der Waals surface area contributed by atoms with E-state index in [1.807, 2.05) is 18.3 Å². The molecule has 0 atom stereocenters. The van der Waals surface area contributed by atoms with Crippen LogP contribution in [-0.2, 0) is 0 Å². The van der Waals surface area contributed by atoms with E-state index in [9.17, 15) is 0 Å². The molecule has 1 aromatic carbocycles. The lowest BCUT2D eigenvalue weighted by atomic mass is 9.63. The van der Waals surface area contributed by atoms with Gasteiger partial charge in [0.05, 0.1) is 11.2 Å². The minimum absolute atomic E-state index is 0.649. The average molecular weight is 239 g/mol. The van der Waals surface area contributed by atoms with E-state index in [1.165, 1.54) is 43.4 Å². The van der Waals surface area contributed by atoms with Crippen LogP contribution in [-0.4, -0.2) is 18.1 Å². The first kappa shape index (κ1) is 10.2. The molecule has 1 aliphatic carbocycles. The van der Waals surface area contributed by atoms with Crippen LogP contribution in [0, 0.1) is 5.41 Å². The van der Waals surface area contributed by atoms with Crippen molar-refractivity contribution in [1.29, 1.82) is 0 Å². The first-order chi connectivity index (χ1) is 8.77. The van der Waals surface area contributed by atoms with Crippen LogP contribution in [0.25, 0.3) is 10.9 Å². The number of hydrogen-bond acceptors (Lipinski definition) is 3. The maximum atomic E-state index is 5.99. The monoisotopic (exact) mass is 239 g/mol. The van der Waals surface area contributed by atoms with E-state index in [1.54, 1.807) is 0 Å². The number of nitrogens with zero attached hydrogens (tertiary/aromatic N) is 2. The topological polar surface area (TPSA) is 42.1 Å². The average Bonchev–Trinajstić information content (AvgIpc) is 2.29. The summed E-state index contributed by atoms with van der Waals surface area (Å²) in [4.78, 5) is 6.88. The number of fused-ring (bicyclic) bond motifs is 1. The molecule has 1 spiro atoms. The van der Waals surface area contributed by atoms with Crippen molar-refractivity contribution in [3.63, 3.8) is 0 Å². The lowest BCUT2D eigenvalue weighted by Crippen LogP contribution is -2.59. The van der Waals surface area contributed by atoms with Gasteiger partial charge >= 0.3 is 0 Å². The highest BCUT2D eigenvalue weighted by molar-refractivity contribution is 5.98. The van der Waals surface area contributed by atoms with Crippen molar-refractivity contribution >= 4 is 22.3 Å². The highest BCUT2D eigenvalue weighted by atomic mass is 15.2. The molecule has 18 heavy (non-hydrogen) atoms. The Morgan fingerprint density at radius 2 is 2.00 bits per heavy atom. The Balaban J connectivity index is 1.75. The van der Waals surface area contributed by atoms with Gasteiger partial charge in [-0.05, 0) is 37.1 Å². The summed E-state index contributed by atoms with van der Waals surface area (Å²) in [7, 11) is 0. The second-order valence-electron chi connectivity index (χ2n) is 5.78. The Morgan fingerprint density at radius 3 is 2.72 bits per heavy atom. The molecule has 0 bridgehead atoms. The lowest BCUT2D eigenvalue weighted by molar-refractivity contribution is 0.0907. The molecule has 3 heteroatoms. The predicted octanol–water partition coefficient (Wildman–Crippen LogP) is 2.81. The first-order valence-corrected chi connectivity index (χ1v) is 6.66. The van der Waals surface area contributed by atoms with Gasteiger partial charge in [-0.2, -0.15) is 0 Å². The van der Waals surface area contributed by atoms with Crippen molar-refractivity contribution in [2.45, 2.75) is 19.3 Å². The van der Waals surface area contributed by atoms with Gasteiger partial charge in [0.2, 0.25) is 0 Å². The van der Waals surface area contributed by atoms with Crippen molar-refractivity contribution < 1.29 is 0 Å². The number of benzene rings is 1. The van der Waals surface area contributed by atoms with Crippen LogP contribution in [0.15, 0.2) is 30.5 Å². The van der Waals surface area contributed by atoms with Crippen molar-refractivity contribution in [3.05, 3.63) is 30.5 Å². The van der Waals surface area contributed by atoms with Crippen LogP contribution >= 0.6 is 0 Å². The van der Waals surface area contributed by atoms with E-state index in [-0.39, 0.29) is 0 Å². The van der Waals surface area contributed by atoms with E-state index < -0.39 is 0 Å². The molecule has 4 rings (SSSR count). The maximum Gasteiger partial charge on any atom is 0.0951 e. The van der Waals surface area contributed by atoms with Gasteiger partial charge in [-0.25, -0.2) is 0 Å². The number of pyridine rings is 1. The molecule has 3 nitrogen and oxygen atoms in total. The lowest BCUT2D eigenvalue weighted by Gasteiger charge is -2.57. The van der Waals surface area contributed by atoms with E-state index >= 15 is 0 Å². The Morgan fingerprint density at radius 1 is 1.17 bits per heavy atom. The first-order valence-electron chi connectivity index (χ1n) is 6.66. The molecule has 2 heterocycles. The number of anilines is 2. The predicted molar refractivity (Wildman–Crippen MR) is 74.7 cm³/mol. The molecular weight excluding hydrogens is 222 g/mol. The van der Waals surface area contributed by atoms with Gasteiger partial charge in [0.1, 0.15) is 0 Å². The fourth-order valence-electron chi connectivity index (χ4n) is 3.38. The van der Waals surface area contributed by atoms with Crippen molar-refractivity contribution in [2.24, 2.45) is 5.41 Å². The Hall–Kier alpha value is -1.77. The molecule has 2 aromatic rings. The molecule has 0 radical (unpaired) electrons. The number of hydrogen-bond donors (Lipinski definition) is 1. The van der Waals surface area contributed by atoms with E-state index in [4.69, 9.17) is 5.73 Å². The molecule has 0 unspecified atom stereocenters. The van der Waals surface area contributed by atoms with Crippen LogP contribution in [0.4, 0.5) is 11.4 Å². The van der Waals surface area contributed by atoms with E-state index in [2.05, 4.69) is 22.0 Å². The molecule has 0 amide bonds. The molecule has 92 valence electrons. The van der Waals surface area contributed by atoms with Gasteiger partial charge in [-0.1, -0.05) is 6.42 Å². The quantitative estimate of drug-likeness (QED) is 0.778. The number of nitrogen functional groups attached to an aromatic ring is 1. The fraction of sp³-hybridized carbons (Fsp3) is 0.400. The van der Waals surface area contributed by atoms with Gasteiger partial charge in [0.15, 0.2) is 0 Å². The minimum atomic E-state index is 0.649. The second-order valence-corrected chi connectivity index (χ2v) is 5.78. The van der Waals surface area contributed by atoms with Gasteiger partial charge < -0.3 is 10.6 Å². The summed E-state index contributed by atoms with van der Waals surface area (Å²) in [5.74, 6) is 0. The molecular formula is C15H17N3. The summed E-state index contributed by atoms with van der Waals surface area (Å²) in [6.45, 7) is 2.42. The Kier molecular flexibility index (Phi) is 1.91. The van der Waals surface area contributed by atoms with Gasteiger partial charge in [0.25, 0.3) is 0 Å². The number of rotatable bonds is 1. The Labute approximate surface area is 107 Å². The molecule has 1 saturated heterocycles. The summed E-state index contributed by atoms with van der Waals surface area (Å²) in [6.07, 6.45) is 6.05. The third-order valence-electron chi connectivity index (χ3n) is 4.59. The highest BCUT2D eigenvalue weighted by Crippen LogP contribution is 2.50. The van der Waals surface area contributed by atoms with Crippen molar-refractivity contribution in [1.82, 2.24) is 4.98 Å². The third kappa shape index (κ3) is 1.27. The zero-order valence-electron chi connectivity index (χ0n) is 10.4. The summed E-state index contributed by atoms with van der Waals surface area (Å²) < 4.78 is 0.